The Hall–Kier alpha value is -1.69. The third-order valence-electron chi connectivity index (χ3n) is 2.77. The van der Waals surface area contributed by atoms with Gasteiger partial charge in [0.25, 0.3) is 0 Å². The first-order chi connectivity index (χ1) is 8.20. The lowest BCUT2D eigenvalue weighted by atomic mass is 10.2. The minimum atomic E-state index is -0.578. The van der Waals surface area contributed by atoms with Crippen molar-refractivity contribution >= 4 is 5.97 Å². The Morgan fingerprint density at radius 1 is 1.53 bits per heavy atom. The SMILES string of the molecule is COC(=O)c1nccc(OC2CCCC2N)n1. The summed E-state index contributed by atoms with van der Waals surface area (Å²) in [6.07, 6.45) is 4.36. The molecule has 1 saturated carbocycles. The number of esters is 1. The zero-order chi connectivity index (χ0) is 12.3. The van der Waals surface area contributed by atoms with Gasteiger partial charge in [-0.2, -0.15) is 4.98 Å². The Morgan fingerprint density at radius 3 is 3.00 bits per heavy atom. The number of hydrogen-bond donors (Lipinski definition) is 1. The van der Waals surface area contributed by atoms with Crippen LogP contribution in [0.3, 0.4) is 0 Å². The number of nitrogens with zero attached hydrogens (tertiary/aromatic N) is 2. The van der Waals surface area contributed by atoms with E-state index in [1.54, 1.807) is 6.07 Å². The van der Waals surface area contributed by atoms with Crippen LogP contribution in [0.25, 0.3) is 0 Å². The summed E-state index contributed by atoms with van der Waals surface area (Å²) in [4.78, 5) is 19.0. The van der Waals surface area contributed by atoms with Crippen molar-refractivity contribution in [1.82, 2.24) is 9.97 Å². The van der Waals surface area contributed by atoms with Gasteiger partial charge in [-0.1, -0.05) is 0 Å². The van der Waals surface area contributed by atoms with Crippen molar-refractivity contribution in [2.24, 2.45) is 5.73 Å². The van der Waals surface area contributed by atoms with Crippen molar-refractivity contribution in [3.8, 4) is 5.88 Å². The second-order valence-electron chi connectivity index (χ2n) is 3.96. The molecule has 1 aliphatic carbocycles. The van der Waals surface area contributed by atoms with Crippen LogP contribution in [0.4, 0.5) is 0 Å². The van der Waals surface area contributed by atoms with Crippen molar-refractivity contribution < 1.29 is 14.3 Å². The van der Waals surface area contributed by atoms with Gasteiger partial charge in [0.1, 0.15) is 6.10 Å². The smallest absolute Gasteiger partial charge is 0.376 e. The molecule has 2 rings (SSSR count). The zero-order valence-electron chi connectivity index (χ0n) is 9.63. The summed E-state index contributed by atoms with van der Waals surface area (Å²) in [6.45, 7) is 0. The van der Waals surface area contributed by atoms with Crippen LogP contribution in [-0.2, 0) is 4.74 Å². The molecule has 17 heavy (non-hydrogen) atoms. The van der Waals surface area contributed by atoms with E-state index in [0.717, 1.165) is 19.3 Å². The summed E-state index contributed by atoms with van der Waals surface area (Å²) in [5.74, 6) is -0.217. The number of hydrogen-bond acceptors (Lipinski definition) is 6. The van der Waals surface area contributed by atoms with Crippen molar-refractivity contribution in [2.75, 3.05) is 7.11 Å². The van der Waals surface area contributed by atoms with Crippen LogP contribution in [0.5, 0.6) is 5.88 Å². The second kappa shape index (κ2) is 5.09. The van der Waals surface area contributed by atoms with Crippen LogP contribution in [-0.4, -0.2) is 35.2 Å². The van der Waals surface area contributed by atoms with Crippen LogP contribution >= 0.6 is 0 Å². The van der Waals surface area contributed by atoms with E-state index < -0.39 is 5.97 Å². The predicted molar refractivity (Wildman–Crippen MR) is 59.6 cm³/mol. The molecular formula is C11H15N3O3. The maximum absolute atomic E-state index is 11.2. The number of ether oxygens (including phenoxy) is 2. The molecule has 0 spiro atoms. The minimum Gasteiger partial charge on any atom is -0.473 e. The minimum absolute atomic E-state index is 0.00318. The number of rotatable bonds is 3. The van der Waals surface area contributed by atoms with Gasteiger partial charge in [0.05, 0.1) is 7.11 Å². The summed E-state index contributed by atoms with van der Waals surface area (Å²) in [5, 5.41) is 0. The lowest BCUT2D eigenvalue weighted by molar-refractivity contribution is 0.0584. The van der Waals surface area contributed by atoms with Crippen molar-refractivity contribution in [1.29, 1.82) is 0 Å². The monoisotopic (exact) mass is 237 g/mol. The first-order valence-electron chi connectivity index (χ1n) is 5.54. The number of aromatic nitrogens is 2. The predicted octanol–water partition coefficient (Wildman–Crippen LogP) is 0.522. The fourth-order valence-electron chi connectivity index (χ4n) is 1.85. The normalized spacial score (nSPS) is 23.4. The van der Waals surface area contributed by atoms with Gasteiger partial charge in [-0.15, -0.1) is 0 Å². The fourth-order valence-corrected chi connectivity index (χ4v) is 1.85. The van der Waals surface area contributed by atoms with Crippen LogP contribution in [0, 0.1) is 0 Å². The molecule has 0 radical (unpaired) electrons. The van der Waals surface area contributed by atoms with Crippen molar-refractivity contribution in [2.45, 2.75) is 31.4 Å². The average molecular weight is 237 g/mol. The van der Waals surface area contributed by atoms with Gasteiger partial charge in [-0.3, -0.25) is 0 Å². The van der Waals surface area contributed by atoms with E-state index >= 15 is 0 Å². The molecule has 1 aromatic heterocycles. The molecule has 92 valence electrons. The first kappa shape index (κ1) is 11.8. The van der Waals surface area contributed by atoms with Crippen molar-refractivity contribution in [3.05, 3.63) is 18.1 Å². The molecule has 0 aliphatic heterocycles. The number of carbonyl (C=O) groups is 1. The topological polar surface area (TPSA) is 87.3 Å². The van der Waals surface area contributed by atoms with Gasteiger partial charge < -0.3 is 15.2 Å². The molecule has 1 heterocycles. The van der Waals surface area contributed by atoms with E-state index in [-0.39, 0.29) is 18.0 Å². The Kier molecular flexibility index (Phi) is 3.53. The highest BCUT2D eigenvalue weighted by molar-refractivity contribution is 5.84. The first-order valence-corrected chi connectivity index (χ1v) is 5.54. The van der Waals surface area contributed by atoms with Crippen LogP contribution in [0.1, 0.15) is 29.9 Å². The van der Waals surface area contributed by atoms with E-state index in [9.17, 15) is 4.79 Å². The van der Waals surface area contributed by atoms with Gasteiger partial charge in [0, 0.05) is 18.3 Å². The largest absolute Gasteiger partial charge is 0.473 e. The Balaban J connectivity index is 2.08. The summed E-state index contributed by atoms with van der Waals surface area (Å²) in [5.41, 5.74) is 5.89. The molecule has 2 N–H and O–H groups in total. The average Bonchev–Trinajstić information content (AvgIpc) is 2.74. The van der Waals surface area contributed by atoms with E-state index in [1.165, 1.54) is 13.3 Å². The van der Waals surface area contributed by atoms with Crippen LogP contribution in [0.2, 0.25) is 0 Å². The Morgan fingerprint density at radius 2 is 2.35 bits per heavy atom. The number of carbonyl (C=O) groups excluding carboxylic acids is 1. The van der Waals surface area contributed by atoms with Gasteiger partial charge >= 0.3 is 5.97 Å². The standard InChI is InChI=1S/C11H15N3O3/c1-16-11(15)10-13-6-5-9(14-10)17-8-4-2-3-7(8)12/h5-8H,2-4,12H2,1H3. The molecular weight excluding hydrogens is 222 g/mol. The molecule has 0 saturated heterocycles. The van der Waals surface area contributed by atoms with Gasteiger partial charge in [0.15, 0.2) is 0 Å². The highest BCUT2D eigenvalue weighted by Gasteiger charge is 2.26. The van der Waals surface area contributed by atoms with Crippen molar-refractivity contribution in [3.63, 3.8) is 0 Å². The van der Waals surface area contributed by atoms with E-state index in [4.69, 9.17) is 10.5 Å². The maximum Gasteiger partial charge on any atom is 0.376 e. The third-order valence-corrected chi connectivity index (χ3v) is 2.77. The highest BCUT2D eigenvalue weighted by atomic mass is 16.5. The van der Waals surface area contributed by atoms with E-state index in [0.29, 0.717) is 5.88 Å². The Bertz CT molecular complexity index is 411. The lowest BCUT2D eigenvalue weighted by Gasteiger charge is -2.16. The number of methoxy groups -OCH3 is 1. The molecule has 1 aliphatic rings. The molecule has 6 nitrogen and oxygen atoms in total. The summed E-state index contributed by atoms with van der Waals surface area (Å²) in [7, 11) is 1.28. The van der Waals surface area contributed by atoms with Gasteiger partial charge in [-0.05, 0) is 19.3 Å². The Labute approximate surface area is 99.1 Å². The third kappa shape index (κ3) is 2.71. The second-order valence-corrected chi connectivity index (χ2v) is 3.96. The molecule has 2 unspecified atom stereocenters. The molecule has 6 heteroatoms. The summed E-state index contributed by atoms with van der Waals surface area (Å²) < 4.78 is 10.2. The van der Waals surface area contributed by atoms with Gasteiger partial charge in [-0.25, -0.2) is 9.78 Å². The lowest BCUT2D eigenvalue weighted by Crippen LogP contribution is -2.33. The highest BCUT2D eigenvalue weighted by Crippen LogP contribution is 2.22. The summed E-state index contributed by atoms with van der Waals surface area (Å²) >= 11 is 0. The molecule has 1 aromatic rings. The number of nitrogens with two attached hydrogens (primary N) is 1. The molecule has 2 atom stereocenters. The van der Waals surface area contributed by atoms with Crippen LogP contribution < -0.4 is 10.5 Å². The van der Waals surface area contributed by atoms with Gasteiger partial charge in [0.2, 0.25) is 11.7 Å². The molecule has 0 aromatic carbocycles. The quantitative estimate of drug-likeness (QED) is 0.771. The fraction of sp³-hybridized carbons (Fsp3) is 0.545. The van der Waals surface area contributed by atoms with E-state index in [2.05, 4.69) is 14.7 Å². The van der Waals surface area contributed by atoms with E-state index in [1.807, 2.05) is 0 Å². The zero-order valence-corrected chi connectivity index (χ0v) is 9.63. The molecule has 0 amide bonds. The summed E-state index contributed by atoms with van der Waals surface area (Å²) in [6, 6.07) is 1.64. The molecule has 0 bridgehead atoms. The van der Waals surface area contributed by atoms with Crippen LogP contribution in [0.15, 0.2) is 12.3 Å². The maximum atomic E-state index is 11.2. The molecule has 1 fully saturated rings.